The molecule has 0 aliphatic carbocycles. The maximum atomic E-state index is 5.74. The second kappa shape index (κ2) is 10.6. The first kappa shape index (κ1) is 23.1. The number of nitrogens with one attached hydrogen (secondary N) is 2. The van der Waals surface area contributed by atoms with Crippen LogP contribution in [0, 0.1) is 19.8 Å². The highest BCUT2D eigenvalue weighted by molar-refractivity contribution is 5.79. The smallest absolute Gasteiger partial charge is 0.208 e. The lowest BCUT2D eigenvalue weighted by molar-refractivity contribution is 0.0982. The molecule has 2 N–H and O–H groups in total. The Balaban J connectivity index is 1.36. The fourth-order valence-electron chi connectivity index (χ4n) is 4.52. The number of nitrogens with zero attached hydrogens (tertiary/aromatic N) is 4. The summed E-state index contributed by atoms with van der Waals surface area (Å²) < 4.78 is 5.74. The van der Waals surface area contributed by atoms with Crippen LogP contribution in [0.25, 0.3) is 0 Å². The number of piperidine rings is 2. The summed E-state index contributed by atoms with van der Waals surface area (Å²) in [6.07, 6.45) is 6.41. The van der Waals surface area contributed by atoms with Gasteiger partial charge in [-0.05, 0) is 85.5 Å². The summed E-state index contributed by atoms with van der Waals surface area (Å²) in [5.74, 6) is 3.39. The van der Waals surface area contributed by atoms with E-state index >= 15 is 0 Å². The number of aryl methyl sites for hydroxylation is 2. The Morgan fingerprint density at radius 1 is 1.10 bits per heavy atom. The van der Waals surface area contributed by atoms with Crippen LogP contribution in [-0.4, -0.2) is 72.6 Å². The van der Waals surface area contributed by atoms with Gasteiger partial charge in [-0.1, -0.05) is 6.42 Å². The maximum absolute atomic E-state index is 5.74. The molecule has 30 heavy (non-hydrogen) atoms. The van der Waals surface area contributed by atoms with Crippen molar-refractivity contribution in [3.63, 3.8) is 0 Å². The fourth-order valence-corrected chi connectivity index (χ4v) is 4.52. The van der Waals surface area contributed by atoms with Crippen LogP contribution >= 0.6 is 0 Å². The Morgan fingerprint density at radius 3 is 2.40 bits per heavy atom. The van der Waals surface area contributed by atoms with Gasteiger partial charge in [-0.3, -0.25) is 14.8 Å². The van der Waals surface area contributed by atoms with Crippen LogP contribution in [0.1, 0.15) is 63.3 Å². The number of likely N-dealkylation sites (tertiary alicyclic amines) is 2. The van der Waals surface area contributed by atoms with E-state index in [9.17, 15) is 0 Å². The average Bonchev–Trinajstić information content (AvgIpc) is 3.06. The Kier molecular flexibility index (Phi) is 8.17. The summed E-state index contributed by atoms with van der Waals surface area (Å²) in [4.78, 5) is 14.0. The maximum Gasteiger partial charge on any atom is 0.208 e. The second-order valence-electron chi connectivity index (χ2n) is 9.64. The number of rotatable bonds is 7. The Bertz CT molecular complexity index is 664. The molecule has 0 unspecified atom stereocenters. The molecule has 0 aromatic carbocycles. The third-order valence-electron chi connectivity index (χ3n) is 6.82. The Labute approximate surface area is 182 Å². The van der Waals surface area contributed by atoms with Crippen LogP contribution in [0.2, 0.25) is 0 Å². The van der Waals surface area contributed by atoms with Crippen molar-refractivity contribution >= 4 is 5.96 Å². The highest BCUT2D eigenvalue weighted by Gasteiger charge is 2.28. The van der Waals surface area contributed by atoms with Crippen molar-refractivity contribution in [2.45, 2.75) is 71.9 Å². The lowest BCUT2D eigenvalue weighted by Gasteiger charge is -2.41. The predicted octanol–water partition coefficient (Wildman–Crippen LogP) is 2.93. The molecule has 1 aromatic rings. The molecule has 170 valence electrons. The Hall–Kier alpha value is -1.60. The summed E-state index contributed by atoms with van der Waals surface area (Å²) >= 11 is 0. The zero-order valence-corrected chi connectivity index (χ0v) is 19.8. The van der Waals surface area contributed by atoms with Crippen LogP contribution in [-0.2, 0) is 6.54 Å². The summed E-state index contributed by atoms with van der Waals surface area (Å²) in [5, 5.41) is 7.12. The molecule has 0 bridgehead atoms. The number of aliphatic imine (C=N–C) groups is 1. The van der Waals surface area contributed by atoms with E-state index in [0.717, 1.165) is 56.0 Å². The normalized spacial score (nSPS) is 20.5. The number of aromatic nitrogens is 1. The third kappa shape index (κ3) is 6.45. The number of guanidine groups is 1. The van der Waals surface area contributed by atoms with Gasteiger partial charge in [0.25, 0.3) is 0 Å². The van der Waals surface area contributed by atoms with Crippen molar-refractivity contribution in [2.75, 3.05) is 46.3 Å². The predicted molar refractivity (Wildman–Crippen MR) is 123 cm³/mol. The molecule has 3 heterocycles. The van der Waals surface area contributed by atoms with Crippen molar-refractivity contribution < 1.29 is 4.42 Å². The molecule has 2 aliphatic heterocycles. The molecule has 0 amide bonds. The van der Waals surface area contributed by atoms with Crippen molar-refractivity contribution in [2.24, 2.45) is 10.9 Å². The number of hydrogen-bond acceptors (Lipinski definition) is 5. The number of hydrogen-bond donors (Lipinski definition) is 2. The third-order valence-corrected chi connectivity index (χ3v) is 6.82. The molecule has 1 aromatic heterocycles. The molecular formula is C23H42N6O. The van der Waals surface area contributed by atoms with Crippen molar-refractivity contribution in [3.8, 4) is 0 Å². The first-order valence-electron chi connectivity index (χ1n) is 11.7. The lowest BCUT2D eigenvalue weighted by atomic mass is 9.97. The quantitative estimate of drug-likeness (QED) is 0.524. The summed E-state index contributed by atoms with van der Waals surface area (Å²) in [6, 6.07) is 0. The molecule has 7 nitrogen and oxygen atoms in total. The fraction of sp³-hybridized carbons (Fsp3) is 0.826. The first-order chi connectivity index (χ1) is 14.4. The topological polar surface area (TPSA) is 68.9 Å². The molecule has 0 saturated carbocycles. The molecule has 2 fully saturated rings. The van der Waals surface area contributed by atoms with Gasteiger partial charge >= 0.3 is 0 Å². The van der Waals surface area contributed by atoms with Gasteiger partial charge in [-0.25, -0.2) is 4.98 Å². The molecule has 2 aliphatic rings. The van der Waals surface area contributed by atoms with E-state index in [1.807, 2.05) is 20.9 Å². The van der Waals surface area contributed by atoms with Gasteiger partial charge in [-0.2, -0.15) is 0 Å². The summed E-state index contributed by atoms with van der Waals surface area (Å²) in [6.45, 7) is 16.0. The van der Waals surface area contributed by atoms with Crippen LogP contribution in [0.4, 0.5) is 0 Å². The monoisotopic (exact) mass is 418 g/mol. The molecule has 3 rings (SSSR count). The summed E-state index contributed by atoms with van der Waals surface area (Å²) in [5.41, 5.74) is 1.16. The van der Waals surface area contributed by atoms with Gasteiger partial charge in [0.05, 0.1) is 12.2 Å². The van der Waals surface area contributed by atoms with Gasteiger partial charge in [-0.15, -0.1) is 0 Å². The zero-order chi connectivity index (χ0) is 21.6. The van der Waals surface area contributed by atoms with Gasteiger partial charge < -0.3 is 15.1 Å². The SMILES string of the molecule is CN=C(NCC1CCN(Cc2nc(C)c(C)o2)CC1)NCC(C)(C)N1CCCCC1. The minimum absolute atomic E-state index is 0.153. The molecule has 0 atom stereocenters. The standard InChI is InChI=1S/C23H42N6O/c1-18-19(2)30-21(27-18)16-28-13-9-20(10-14-28)15-25-22(24-5)26-17-23(3,4)29-11-7-6-8-12-29/h20H,6-17H2,1-5H3,(H2,24,25,26). The highest BCUT2D eigenvalue weighted by Crippen LogP contribution is 2.21. The molecule has 0 radical (unpaired) electrons. The van der Waals surface area contributed by atoms with E-state index in [0.29, 0.717) is 5.92 Å². The van der Waals surface area contributed by atoms with E-state index in [1.54, 1.807) is 0 Å². The molecule has 0 spiro atoms. The Morgan fingerprint density at radius 2 is 1.80 bits per heavy atom. The largest absolute Gasteiger partial charge is 0.444 e. The van der Waals surface area contributed by atoms with Crippen LogP contribution in [0.15, 0.2) is 9.41 Å². The highest BCUT2D eigenvalue weighted by atomic mass is 16.4. The average molecular weight is 419 g/mol. The van der Waals surface area contributed by atoms with Crippen LogP contribution < -0.4 is 10.6 Å². The van der Waals surface area contributed by atoms with E-state index in [1.165, 1.54) is 45.2 Å². The first-order valence-corrected chi connectivity index (χ1v) is 11.7. The minimum Gasteiger partial charge on any atom is -0.444 e. The van der Waals surface area contributed by atoms with Crippen molar-refractivity contribution in [1.82, 2.24) is 25.4 Å². The number of oxazole rings is 1. The van der Waals surface area contributed by atoms with Gasteiger partial charge in [0, 0.05) is 25.7 Å². The minimum atomic E-state index is 0.153. The van der Waals surface area contributed by atoms with E-state index in [4.69, 9.17) is 4.42 Å². The van der Waals surface area contributed by atoms with Gasteiger partial charge in [0.1, 0.15) is 5.76 Å². The van der Waals surface area contributed by atoms with Gasteiger partial charge in [0.15, 0.2) is 5.96 Å². The summed E-state index contributed by atoms with van der Waals surface area (Å²) in [7, 11) is 1.87. The van der Waals surface area contributed by atoms with E-state index in [2.05, 4.69) is 44.3 Å². The lowest BCUT2D eigenvalue weighted by Crippen LogP contribution is -2.55. The van der Waals surface area contributed by atoms with Crippen molar-refractivity contribution in [3.05, 3.63) is 17.3 Å². The molecule has 2 saturated heterocycles. The second-order valence-corrected chi connectivity index (χ2v) is 9.64. The van der Waals surface area contributed by atoms with Crippen molar-refractivity contribution in [1.29, 1.82) is 0 Å². The van der Waals surface area contributed by atoms with Gasteiger partial charge in [0.2, 0.25) is 5.89 Å². The molecular weight excluding hydrogens is 376 g/mol. The van der Waals surface area contributed by atoms with E-state index in [-0.39, 0.29) is 5.54 Å². The van der Waals surface area contributed by atoms with Crippen LogP contribution in [0.5, 0.6) is 0 Å². The zero-order valence-electron chi connectivity index (χ0n) is 19.8. The van der Waals surface area contributed by atoms with Crippen LogP contribution in [0.3, 0.4) is 0 Å². The molecule has 7 heteroatoms. The van der Waals surface area contributed by atoms with E-state index < -0.39 is 0 Å².